The second-order valence-corrected chi connectivity index (χ2v) is 7.55. The molecule has 1 aromatic rings. The van der Waals surface area contributed by atoms with E-state index in [4.69, 9.17) is 0 Å². The number of nitrogens with zero attached hydrogens (tertiary/aromatic N) is 2. The molecule has 0 aromatic heterocycles. The van der Waals surface area contributed by atoms with Crippen LogP contribution in [-0.2, 0) is 16.0 Å². The third-order valence-corrected chi connectivity index (χ3v) is 5.23. The van der Waals surface area contributed by atoms with Gasteiger partial charge in [0.2, 0.25) is 11.8 Å². The number of rotatable bonds is 8. The topological polar surface area (TPSA) is 85.8 Å². The van der Waals surface area contributed by atoms with Gasteiger partial charge in [0.1, 0.15) is 0 Å². The molecule has 0 radical (unpaired) electrons. The number of nitrogens with one attached hydrogen (secondary N) is 3. The molecule has 0 heterocycles. The Morgan fingerprint density at radius 1 is 1.07 bits per heavy atom. The maximum Gasteiger partial charge on any atom is 0.239 e. The normalized spacial score (nSPS) is 15.2. The summed E-state index contributed by atoms with van der Waals surface area (Å²) < 4.78 is 0. The van der Waals surface area contributed by atoms with E-state index in [1.54, 1.807) is 26.0 Å². The molecule has 29 heavy (non-hydrogen) atoms. The molecule has 1 aliphatic carbocycles. The first-order valence-corrected chi connectivity index (χ1v) is 9.94. The summed E-state index contributed by atoms with van der Waals surface area (Å²) in [6.45, 7) is 1.26. The molecule has 0 saturated heterocycles. The molecule has 7 nitrogen and oxygen atoms in total. The summed E-state index contributed by atoms with van der Waals surface area (Å²) in [5.41, 5.74) is 0.819. The van der Waals surface area contributed by atoms with Gasteiger partial charge in [-0.2, -0.15) is 0 Å². The zero-order valence-electron chi connectivity index (χ0n) is 17.7. The van der Waals surface area contributed by atoms with E-state index < -0.39 is 0 Å². The van der Waals surface area contributed by atoms with Crippen molar-refractivity contribution in [2.45, 2.75) is 32.1 Å². The van der Waals surface area contributed by atoms with E-state index in [0.29, 0.717) is 19.0 Å². The van der Waals surface area contributed by atoms with Crippen molar-refractivity contribution < 1.29 is 9.59 Å². The highest BCUT2D eigenvalue weighted by atomic mass is 127. The molecule has 0 unspecified atom stereocenters. The van der Waals surface area contributed by atoms with Gasteiger partial charge in [0.25, 0.3) is 0 Å². The molecule has 1 saturated carbocycles. The Morgan fingerprint density at radius 2 is 1.72 bits per heavy atom. The van der Waals surface area contributed by atoms with Gasteiger partial charge in [0.15, 0.2) is 5.96 Å². The van der Waals surface area contributed by atoms with E-state index in [1.165, 1.54) is 5.56 Å². The number of carbonyl (C=O) groups is 2. The lowest BCUT2D eigenvalue weighted by Gasteiger charge is -2.31. The zero-order valence-corrected chi connectivity index (χ0v) is 20.0. The predicted molar refractivity (Wildman–Crippen MR) is 128 cm³/mol. The predicted octanol–water partition coefficient (Wildman–Crippen LogP) is 1.78. The second-order valence-electron chi connectivity index (χ2n) is 7.55. The van der Waals surface area contributed by atoms with Crippen LogP contribution in [0.5, 0.6) is 0 Å². The van der Waals surface area contributed by atoms with Crippen molar-refractivity contribution in [3.05, 3.63) is 35.9 Å². The average Bonchev–Trinajstić information content (AvgIpc) is 3.18. The van der Waals surface area contributed by atoms with Gasteiger partial charge in [-0.25, -0.2) is 0 Å². The minimum atomic E-state index is -0.376. The number of carbonyl (C=O) groups excluding carboxylic acids is 2. The molecule has 1 aromatic carbocycles. The lowest BCUT2D eigenvalue weighted by Crippen LogP contribution is -2.50. The van der Waals surface area contributed by atoms with Crippen LogP contribution in [0.1, 0.15) is 31.2 Å². The van der Waals surface area contributed by atoms with Crippen LogP contribution in [0.25, 0.3) is 0 Å². The zero-order chi connectivity index (χ0) is 20.4. The largest absolute Gasteiger partial charge is 0.355 e. The molecule has 0 bridgehead atoms. The number of hydrogen-bond donors (Lipinski definition) is 3. The van der Waals surface area contributed by atoms with Gasteiger partial charge in [0.05, 0.1) is 12.0 Å². The Bertz CT molecular complexity index is 673. The van der Waals surface area contributed by atoms with Crippen LogP contribution < -0.4 is 16.0 Å². The average molecular weight is 515 g/mol. The summed E-state index contributed by atoms with van der Waals surface area (Å²) in [7, 11) is 5.27. The highest BCUT2D eigenvalue weighted by Gasteiger charge is 2.42. The van der Waals surface area contributed by atoms with Crippen LogP contribution in [0.3, 0.4) is 0 Å². The molecule has 2 rings (SSSR count). The van der Waals surface area contributed by atoms with Crippen molar-refractivity contribution in [2.24, 2.45) is 10.4 Å². The Balaban J connectivity index is 0.00000420. The van der Waals surface area contributed by atoms with Gasteiger partial charge >= 0.3 is 0 Å². The molecule has 0 aliphatic heterocycles. The third kappa shape index (κ3) is 7.83. The van der Waals surface area contributed by atoms with E-state index >= 15 is 0 Å². The van der Waals surface area contributed by atoms with Crippen LogP contribution >= 0.6 is 24.0 Å². The molecule has 162 valence electrons. The van der Waals surface area contributed by atoms with E-state index in [2.05, 4.69) is 20.9 Å². The van der Waals surface area contributed by atoms with E-state index in [9.17, 15) is 9.59 Å². The maximum atomic E-state index is 12.6. The van der Waals surface area contributed by atoms with E-state index in [0.717, 1.165) is 32.1 Å². The minimum Gasteiger partial charge on any atom is -0.355 e. The molecule has 2 amide bonds. The number of benzene rings is 1. The van der Waals surface area contributed by atoms with Crippen LogP contribution in [-0.4, -0.2) is 63.5 Å². The number of amides is 2. The molecule has 3 N–H and O–H groups in total. The molecule has 0 spiro atoms. The van der Waals surface area contributed by atoms with Crippen LogP contribution in [0.15, 0.2) is 35.3 Å². The maximum absolute atomic E-state index is 12.6. The van der Waals surface area contributed by atoms with Crippen molar-refractivity contribution in [1.82, 2.24) is 20.9 Å². The SMILES string of the molecule is CN=C(NCC(=O)NCCc1ccccc1)NCC1(C(=O)N(C)C)CCCC1.I. The summed E-state index contributed by atoms with van der Waals surface area (Å²) in [5.74, 6) is 0.612. The van der Waals surface area contributed by atoms with Crippen LogP contribution in [0.4, 0.5) is 0 Å². The van der Waals surface area contributed by atoms with Gasteiger partial charge in [-0.3, -0.25) is 14.6 Å². The summed E-state index contributed by atoms with van der Waals surface area (Å²) in [6, 6.07) is 10.1. The Labute approximate surface area is 191 Å². The number of guanidine groups is 1. The smallest absolute Gasteiger partial charge is 0.239 e. The van der Waals surface area contributed by atoms with Crippen molar-refractivity contribution in [3.8, 4) is 0 Å². The Morgan fingerprint density at radius 3 is 2.31 bits per heavy atom. The molecule has 1 aliphatic rings. The Hall–Kier alpha value is -1.84. The first-order chi connectivity index (χ1) is 13.5. The van der Waals surface area contributed by atoms with Gasteiger partial charge in [-0.1, -0.05) is 43.2 Å². The van der Waals surface area contributed by atoms with Crippen molar-refractivity contribution in [2.75, 3.05) is 40.8 Å². The minimum absolute atomic E-state index is 0. The molecular weight excluding hydrogens is 481 g/mol. The fourth-order valence-electron chi connectivity index (χ4n) is 3.68. The lowest BCUT2D eigenvalue weighted by atomic mass is 9.84. The van der Waals surface area contributed by atoms with Crippen LogP contribution in [0, 0.1) is 5.41 Å². The fraction of sp³-hybridized carbons (Fsp3) is 0.571. The monoisotopic (exact) mass is 515 g/mol. The van der Waals surface area contributed by atoms with Gasteiger partial charge in [0, 0.05) is 34.2 Å². The summed E-state index contributed by atoms with van der Waals surface area (Å²) >= 11 is 0. The quantitative estimate of drug-likeness (QED) is 0.280. The van der Waals surface area contributed by atoms with E-state index in [1.807, 2.05) is 30.3 Å². The van der Waals surface area contributed by atoms with Crippen molar-refractivity contribution in [3.63, 3.8) is 0 Å². The summed E-state index contributed by atoms with van der Waals surface area (Å²) in [5, 5.41) is 9.17. The van der Waals surface area contributed by atoms with Crippen molar-refractivity contribution in [1.29, 1.82) is 0 Å². The fourth-order valence-corrected chi connectivity index (χ4v) is 3.68. The molecule has 1 fully saturated rings. The van der Waals surface area contributed by atoms with Gasteiger partial charge < -0.3 is 20.9 Å². The second kappa shape index (κ2) is 12.7. The van der Waals surface area contributed by atoms with Gasteiger partial charge in [-0.05, 0) is 24.8 Å². The number of halogens is 1. The highest BCUT2D eigenvalue weighted by Crippen LogP contribution is 2.38. The lowest BCUT2D eigenvalue weighted by molar-refractivity contribution is -0.138. The van der Waals surface area contributed by atoms with Crippen molar-refractivity contribution >= 4 is 41.8 Å². The molecule has 0 atom stereocenters. The third-order valence-electron chi connectivity index (χ3n) is 5.23. The van der Waals surface area contributed by atoms with Gasteiger partial charge in [-0.15, -0.1) is 24.0 Å². The van der Waals surface area contributed by atoms with E-state index in [-0.39, 0.29) is 47.8 Å². The Kier molecular flexibility index (Phi) is 11.0. The summed E-state index contributed by atoms with van der Waals surface area (Å²) in [6.07, 6.45) is 4.70. The first kappa shape index (κ1) is 25.2. The number of hydrogen-bond acceptors (Lipinski definition) is 3. The van der Waals surface area contributed by atoms with Crippen LogP contribution in [0.2, 0.25) is 0 Å². The standard InChI is InChI=1S/C21H33N5O2.HI/c1-22-20(25-16-21(12-7-8-13-21)19(28)26(2)3)24-15-18(27)23-14-11-17-9-5-4-6-10-17;/h4-6,9-10H,7-8,11-16H2,1-3H3,(H,23,27)(H2,22,24,25);1H. The molecular formula is C21H34IN5O2. The molecule has 8 heteroatoms. The first-order valence-electron chi connectivity index (χ1n) is 9.94. The number of aliphatic imine (C=N–C) groups is 1. The summed E-state index contributed by atoms with van der Waals surface area (Å²) in [4.78, 5) is 30.5. The highest BCUT2D eigenvalue weighted by molar-refractivity contribution is 14.0.